The lowest BCUT2D eigenvalue weighted by molar-refractivity contribution is 0.102. The standard InChI is InChI=1S/C20H14FN3O/c21-16-8-4-5-9-17(16)23-20(25)14-10-11-19-18(12-14)22-13-24(19)15-6-2-1-3-7-15/h1-13H,(H,23,25). The third-order valence-electron chi connectivity index (χ3n) is 3.97. The molecular weight excluding hydrogens is 317 g/mol. The molecule has 0 saturated heterocycles. The lowest BCUT2D eigenvalue weighted by Gasteiger charge is -2.07. The Morgan fingerprint density at radius 1 is 0.960 bits per heavy atom. The van der Waals surface area contributed by atoms with Gasteiger partial charge in [-0.3, -0.25) is 9.36 Å². The van der Waals surface area contributed by atoms with Crippen molar-refractivity contribution in [2.24, 2.45) is 0 Å². The van der Waals surface area contributed by atoms with Crippen molar-refractivity contribution in [2.45, 2.75) is 0 Å². The van der Waals surface area contributed by atoms with Crippen LogP contribution in [0.2, 0.25) is 0 Å². The number of anilines is 1. The van der Waals surface area contributed by atoms with Crippen LogP contribution in [0.1, 0.15) is 10.4 Å². The van der Waals surface area contributed by atoms with Crippen LogP contribution in [0.5, 0.6) is 0 Å². The molecule has 0 radical (unpaired) electrons. The van der Waals surface area contributed by atoms with Gasteiger partial charge in [0.05, 0.1) is 16.7 Å². The summed E-state index contributed by atoms with van der Waals surface area (Å²) in [6.45, 7) is 0. The highest BCUT2D eigenvalue weighted by molar-refractivity contribution is 6.06. The van der Waals surface area contributed by atoms with Gasteiger partial charge in [-0.25, -0.2) is 9.37 Å². The van der Waals surface area contributed by atoms with Crippen LogP contribution in [0, 0.1) is 5.82 Å². The van der Waals surface area contributed by atoms with Crippen LogP contribution in [0.25, 0.3) is 16.7 Å². The van der Waals surface area contributed by atoms with Gasteiger partial charge in [0, 0.05) is 11.3 Å². The second kappa shape index (κ2) is 6.20. The molecule has 5 heteroatoms. The number of para-hydroxylation sites is 2. The number of imidazole rings is 1. The fourth-order valence-corrected chi connectivity index (χ4v) is 2.71. The number of carbonyl (C=O) groups is 1. The molecule has 0 spiro atoms. The molecule has 4 nitrogen and oxygen atoms in total. The lowest BCUT2D eigenvalue weighted by Crippen LogP contribution is -2.12. The highest BCUT2D eigenvalue weighted by atomic mass is 19.1. The maximum Gasteiger partial charge on any atom is 0.255 e. The fraction of sp³-hybridized carbons (Fsp3) is 0. The van der Waals surface area contributed by atoms with E-state index in [1.807, 2.05) is 41.0 Å². The van der Waals surface area contributed by atoms with Crippen molar-refractivity contribution in [3.05, 3.63) is 90.5 Å². The van der Waals surface area contributed by atoms with Crippen molar-refractivity contribution in [2.75, 3.05) is 5.32 Å². The Morgan fingerprint density at radius 2 is 1.72 bits per heavy atom. The first kappa shape index (κ1) is 15.1. The van der Waals surface area contributed by atoms with Gasteiger partial charge in [-0.2, -0.15) is 0 Å². The summed E-state index contributed by atoms with van der Waals surface area (Å²) >= 11 is 0. The summed E-state index contributed by atoms with van der Waals surface area (Å²) in [7, 11) is 0. The van der Waals surface area contributed by atoms with Gasteiger partial charge in [0.15, 0.2) is 0 Å². The number of rotatable bonds is 3. The summed E-state index contributed by atoms with van der Waals surface area (Å²) in [5.74, 6) is -0.841. The molecule has 3 aromatic carbocycles. The second-order valence-electron chi connectivity index (χ2n) is 5.59. The van der Waals surface area contributed by atoms with Crippen molar-refractivity contribution >= 4 is 22.6 Å². The molecule has 1 amide bonds. The third kappa shape index (κ3) is 2.87. The van der Waals surface area contributed by atoms with E-state index in [-0.39, 0.29) is 11.6 Å². The molecule has 0 bridgehead atoms. The number of benzene rings is 3. The molecule has 1 N–H and O–H groups in total. The van der Waals surface area contributed by atoms with E-state index in [1.165, 1.54) is 12.1 Å². The summed E-state index contributed by atoms with van der Waals surface area (Å²) < 4.78 is 15.6. The minimum absolute atomic E-state index is 0.155. The SMILES string of the molecule is O=C(Nc1ccccc1F)c1ccc2c(c1)ncn2-c1ccccc1. The number of nitrogens with one attached hydrogen (secondary N) is 1. The summed E-state index contributed by atoms with van der Waals surface area (Å²) in [4.78, 5) is 16.7. The van der Waals surface area contributed by atoms with Crippen molar-refractivity contribution in [1.82, 2.24) is 9.55 Å². The number of hydrogen-bond acceptors (Lipinski definition) is 2. The van der Waals surface area contributed by atoms with Gasteiger partial charge in [-0.1, -0.05) is 30.3 Å². The quantitative estimate of drug-likeness (QED) is 0.604. The number of fused-ring (bicyclic) bond motifs is 1. The Balaban J connectivity index is 1.66. The maximum atomic E-state index is 13.7. The third-order valence-corrected chi connectivity index (χ3v) is 3.97. The highest BCUT2D eigenvalue weighted by Crippen LogP contribution is 2.20. The molecule has 0 atom stereocenters. The van der Waals surface area contributed by atoms with Gasteiger partial charge >= 0.3 is 0 Å². The van der Waals surface area contributed by atoms with Crippen molar-refractivity contribution < 1.29 is 9.18 Å². The van der Waals surface area contributed by atoms with E-state index in [2.05, 4.69) is 10.3 Å². The first-order valence-electron chi connectivity index (χ1n) is 7.81. The molecule has 1 heterocycles. The van der Waals surface area contributed by atoms with Crippen LogP contribution < -0.4 is 5.32 Å². The Kier molecular flexibility index (Phi) is 3.74. The van der Waals surface area contributed by atoms with Crippen LogP contribution in [-0.2, 0) is 0 Å². The predicted octanol–water partition coefficient (Wildman–Crippen LogP) is 4.42. The number of halogens is 1. The molecule has 0 aliphatic carbocycles. The zero-order chi connectivity index (χ0) is 17.2. The Bertz CT molecular complexity index is 1060. The monoisotopic (exact) mass is 331 g/mol. The van der Waals surface area contributed by atoms with E-state index < -0.39 is 5.82 Å². The zero-order valence-electron chi connectivity index (χ0n) is 13.2. The van der Waals surface area contributed by atoms with Crippen molar-refractivity contribution in [3.63, 3.8) is 0 Å². The Labute approximate surface area is 143 Å². The summed E-state index contributed by atoms with van der Waals surface area (Å²) in [6, 6.07) is 21.2. The molecule has 4 rings (SSSR count). The average Bonchev–Trinajstić information content (AvgIpc) is 3.07. The van der Waals surface area contributed by atoms with Gasteiger partial charge in [0.1, 0.15) is 12.1 Å². The molecule has 0 saturated carbocycles. The van der Waals surface area contributed by atoms with Gasteiger partial charge < -0.3 is 5.32 Å². The van der Waals surface area contributed by atoms with Crippen LogP contribution in [-0.4, -0.2) is 15.5 Å². The molecule has 25 heavy (non-hydrogen) atoms. The molecule has 0 aliphatic heterocycles. The van der Waals surface area contributed by atoms with Gasteiger partial charge in [-0.05, 0) is 42.5 Å². The largest absolute Gasteiger partial charge is 0.319 e. The minimum Gasteiger partial charge on any atom is -0.319 e. The molecule has 4 aromatic rings. The summed E-state index contributed by atoms with van der Waals surface area (Å²) in [5.41, 5.74) is 3.17. The number of nitrogens with zero attached hydrogens (tertiary/aromatic N) is 2. The predicted molar refractivity (Wildman–Crippen MR) is 95.4 cm³/mol. The molecule has 0 unspecified atom stereocenters. The van der Waals surface area contributed by atoms with Crippen LogP contribution in [0.3, 0.4) is 0 Å². The zero-order valence-corrected chi connectivity index (χ0v) is 13.2. The van der Waals surface area contributed by atoms with E-state index in [1.54, 1.807) is 30.6 Å². The van der Waals surface area contributed by atoms with E-state index >= 15 is 0 Å². The van der Waals surface area contributed by atoms with E-state index in [0.717, 1.165) is 11.2 Å². The first-order chi connectivity index (χ1) is 12.2. The summed E-state index contributed by atoms with van der Waals surface area (Å²) in [5, 5.41) is 2.58. The van der Waals surface area contributed by atoms with Crippen LogP contribution >= 0.6 is 0 Å². The minimum atomic E-state index is -0.467. The number of carbonyl (C=O) groups excluding carboxylic acids is 1. The van der Waals surface area contributed by atoms with Gasteiger partial charge in [0.2, 0.25) is 0 Å². The van der Waals surface area contributed by atoms with E-state index in [4.69, 9.17) is 0 Å². The maximum absolute atomic E-state index is 13.7. The van der Waals surface area contributed by atoms with Gasteiger partial charge in [0.25, 0.3) is 5.91 Å². The first-order valence-corrected chi connectivity index (χ1v) is 7.81. The molecular formula is C20H14FN3O. The Morgan fingerprint density at radius 3 is 2.52 bits per heavy atom. The van der Waals surface area contributed by atoms with E-state index in [9.17, 15) is 9.18 Å². The lowest BCUT2D eigenvalue weighted by atomic mass is 10.1. The number of amides is 1. The molecule has 122 valence electrons. The highest BCUT2D eigenvalue weighted by Gasteiger charge is 2.12. The number of hydrogen-bond donors (Lipinski definition) is 1. The van der Waals surface area contributed by atoms with Crippen molar-refractivity contribution in [3.8, 4) is 5.69 Å². The fourth-order valence-electron chi connectivity index (χ4n) is 2.71. The van der Waals surface area contributed by atoms with Crippen molar-refractivity contribution in [1.29, 1.82) is 0 Å². The second-order valence-corrected chi connectivity index (χ2v) is 5.59. The Hall–Kier alpha value is -3.47. The number of aromatic nitrogens is 2. The average molecular weight is 331 g/mol. The molecule has 0 aliphatic rings. The van der Waals surface area contributed by atoms with Crippen LogP contribution in [0.15, 0.2) is 79.1 Å². The smallest absolute Gasteiger partial charge is 0.255 e. The topological polar surface area (TPSA) is 46.9 Å². The van der Waals surface area contributed by atoms with Gasteiger partial charge in [-0.15, -0.1) is 0 Å². The van der Waals surface area contributed by atoms with Crippen LogP contribution in [0.4, 0.5) is 10.1 Å². The van der Waals surface area contributed by atoms with E-state index in [0.29, 0.717) is 11.1 Å². The normalized spacial score (nSPS) is 10.8. The molecule has 1 aromatic heterocycles. The molecule has 0 fully saturated rings. The summed E-state index contributed by atoms with van der Waals surface area (Å²) in [6.07, 6.45) is 1.72.